The fraction of sp³-hybridized carbons (Fsp3) is 0.222. The van der Waals surface area contributed by atoms with E-state index in [-0.39, 0.29) is 5.82 Å². The lowest BCUT2D eigenvalue weighted by atomic mass is 10.1. The fourth-order valence-electron chi connectivity index (χ4n) is 2.87. The maximum Gasteiger partial charge on any atom is 0.201 e. The summed E-state index contributed by atoms with van der Waals surface area (Å²) in [6.45, 7) is 4.67. The van der Waals surface area contributed by atoms with Crippen molar-refractivity contribution in [2.24, 2.45) is 0 Å². The number of benzene rings is 1. The Balaban J connectivity index is 1.83. The van der Waals surface area contributed by atoms with E-state index < -0.39 is 0 Å². The SMILES string of the molecule is CCn1nc(-c2cn3ccnc3c(Cc3ccccc3F)n2)nc1C. The molecule has 3 heterocycles. The lowest BCUT2D eigenvalue weighted by molar-refractivity contribution is 0.613. The van der Waals surface area contributed by atoms with Gasteiger partial charge in [-0.15, -0.1) is 5.10 Å². The van der Waals surface area contributed by atoms with Crippen LogP contribution < -0.4 is 0 Å². The van der Waals surface area contributed by atoms with Crippen LogP contribution in [0.3, 0.4) is 0 Å². The molecule has 0 amide bonds. The third kappa shape index (κ3) is 2.77. The van der Waals surface area contributed by atoms with Gasteiger partial charge in [-0.2, -0.15) is 0 Å². The number of imidazole rings is 1. The van der Waals surface area contributed by atoms with E-state index in [9.17, 15) is 4.39 Å². The van der Waals surface area contributed by atoms with Gasteiger partial charge in [0, 0.05) is 31.6 Å². The minimum atomic E-state index is -0.247. The molecule has 4 aromatic rings. The van der Waals surface area contributed by atoms with E-state index >= 15 is 0 Å². The second kappa shape index (κ2) is 6.08. The van der Waals surface area contributed by atoms with Crippen molar-refractivity contribution < 1.29 is 4.39 Å². The molecule has 0 N–H and O–H groups in total. The number of hydrogen-bond donors (Lipinski definition) is 0. The van der Waals surface area contributed by atoms with Gasteiger partial charge < -0.3 is 4.40 Å². The van der Waals surface area contributed by atoms with Crippen molar-refractivity contribution in [2.45, 2.75) is 26.8 Å². The van der Waals surface area contributed by atoms with Crippen molar-refractivity contribution >= 4 is 5.65 Å². The molecule has 1 aromatic carbocycles. The van der Waals surface area contributed by atoms with Crippen LogP contribution in [0.25, 0.3) is 17.2 Å². The third-order valence-electron chi connectivity index (χ3n) is 4.14. The average molecular weight is 336 g/mol. The van der Waals surface area contributed by atoms with Crippen molar-refractivity contribution in [3.63, 3.8) is 0 Å². The van der Waals surface area contributed by atoms with Gasteiger partial charge in [-0.1, -0.05) is 18.2 Å². The zero-order chi connectivity index (χ0) is 17.4. The Morgan fingerprint density at radius 1 is 1.16 bits per heavy atom. The average Bonchev–Trinajstić information content (AvgIpc) is 3.23. The molecular weight excluding hydrogens is 319 g/mol. The summed E-state index contributed by atoms with van der Waals surface area (Å²) in [5, 5.41) is 4.49. The molecule has 0 saturated carbocycles. The Bertz CT molecular complexity index is 1050. The summed E-state index contributed by atoms with van der Waals surface area (Å²) in [5.41, 5.74) is 2.63. The molecule has 0 aliphatic carbocycles. The highest BCUT2D eigenvalue weighted by atomic mass is 19.1. The summed E-state index contributed by atoms with van der Waals surface area (Å²) in [4.78, 5) is 13.5. The first-order valence-corrected chi connectivity index (χ1v) is 8.13. The van der Waals surface area contributed by atoms with Crippen LogP contribution in [0.5, 0.6) is 0 Å². The summed E-state index contributed by atoms with van der Waals surface area (Å²) in [5.74, 6) is 1.15. The molecule has 0 unspecified atom stereocenters. The quantitative estimate of drug-likeness (QED) is 0.575. The van der Waals surface area contributed by atoms with Crippen LogP contribution in [0.4, 0.5) is 4.39 Å². The third-order valence-corrected chi connectivity index (χ3v) is 4.14. The maximum atomic E-state index is 14.0. The van der Waals surface area contributed by atoms with Crippen LogP contribution in [-0.2, 0) is 13.0 Å². The molecular formula is C18H17FN6. The van der Waals surface area contributed by atoms with Crippen LogP contribution in [0, 0.1) is 12.7 Å². The number of aryl methyl sites for hydroxylation is 2. The summed E-state index contributed by atoms with van der Waals surface area (Å²) in [6, 6.07) is 6.71. The second-order valence-electron chi connectivity index (χ2n) is 5.80. The number of nitrogens with zero attached hydrogens (tertiary/aromatic N) is 6. The largest absolute Gasteiger partial charge is 0.303 e. The summed E-state index contributed by atoms with van der Waals surface area (Å²) in [7, 11) is 0. The smallest absolute Gasteiger partial charge is 0.201 e. The molecule has 7 heteroatoms. The van der Waals surface area contributed by atoms with Crippen LogP contribution in [-0.4, -0.2) is 29.1 Å². The molecule has 0 radical (unpaired) electrons. The highest BCUT2D eigenvalue weighted by Crippen LogP contribution is 2.20. The predicted molar refractivity (Wildman–Crippen MR) is 91.6 cm³/mol. The van der Waals surface area contributed by atoms with E-state index in [0.717, 1.165) is 12.4 Å². The first kappa shape index (κ1) is 15.4. The topological polar surface area (TPSA) is 60.9 Å². The molecule has 0 spiro atoms. The number of hydrogen-bond acceptors (Lipinski definition) is 4. The minimum absolute atomic E-state index is 0.247. The number of aromatic nitrogens is 6. The number of rotatable bonds is 4. The normalized spacial score (nSPS) is 11.3. The summed E-state index contributed by atoms with van der Waals surface area (Å²) in [6.07, 6.45) is 5.75. The van der Waals surface area contributed by atoms with Crippen molar-refractivity contribution in [3.05, 3.63) is 65.8 Å². The molecule has 0 fully saturated rings. The molecule has 25 heavy (non-hydrogen) atoms. The van der Waals surface area contributed by atoms with Crippen LogP contribution in [0.2, 0.25) is 0 Å². The monoisotopic (exact) mass is 336 g/mol. The predicted octanol–water partition coefficient (Wildman–Crippen LogP) is 3.05. The van der Waals surface area contributed by atoms with Gasteiger partial charge in [0.1, 0.15) is 17.3 Å². The van der Waals surface area contributed by atoms with Crippen molar-refractivity contribution in [3.8, 4) is 11.5 Å². The van der Waals surface area contributed by atoms with Gasteiger partial charge in [0.25, 0.3) is 0 Å². The van der Waals surface area contributed by atoms with E-state index in [2.05, 4.69) is 20.1 Å². The minimum Gasteiger partial charge on any atom is -0.303 e. The second-order valence-corrected chi connectivity index (χ2v) is 5.80. The Kier molecular flexibility index (Phi) is 3.76. The van der Waals surface area contributed by atoms with E-state index in [0.29, 0.717) is 34.8 Å². The summed E-state index contributed by atoms with van der Waals surface area (Å²) >= 11 is 0. The van der Waals surface area contributed by atoms with E-state index in [1.165, 1.54) is 6.07 Å². The van der Waals surface area contributed by atoms with Gasteiger partial charge in [-0.25, -0.2) is 24.0 Å². The zero-order valence-corrected chi connectivity index (χ0v) is 14.0. The Hall–Kier alpha value is -3.09. The molecule has 0 atom stereocenters. The van der Waals surface area contributed by atoms with Crippen LogP contribution in [0.15, 0.2) is 42.9 Å². The van der Waals surface area contributed by atoms with Gasteiger partial charge in [-0.3, -0.25) is 0 Å². The molecule has 0 bridgehead atoms. The van der Waals surface area contributed by atoms with E-state index in [1.54, 1.807) is 18.3 Å². The lowest BCUT2D eigenvalue weighted by Gasteiger charge is -2.07. The van der Waals surface area contributed by atoms with Crippen molar-refractivity contribution in [2.75, 3.05) is 0 Å². The molecule has 0 saturated heterocycles. The maximum absolute atomic E-state index is 14.0. The Morgan fingerprint density at radius 3 is 2.76 bits per heavy atom. The molecule has 3 aromatic heterocycles. The lowest BCUT2D eigenvalue weighted by Crippen LogP contribution is -2.03. The fourth-order valence-corrected chi connectivity index (χ4v) is 2.87. The molecule has 6 nitrogen and oxygen atoms in total. The van der Waals surface area contributed by atoms with Gasteiger partial charge in [0.2, 0.25) is 5.82 Å². The molecule has 0 aliphatic rings. The molecule has 126 valence electrons. The summed E-state index contributed by atoms with van der Waals surface area (Å²) < 4.78 is 17.7. The van der Waals surface area contributed by atoms with Crippen molar-refractivity contribution in [1.82, 2.24) is 29.1 Å². The Morgan fingerprint density at radius 2 is 2.00 bits per heavy atom. The van der Waals surface area contributed by atoms with E-state index in [1.807, 2.05) is 41.4 Å². The van der Waals surface area contributed by atoms with Gasteiger partial charge in [-0.05, 0) is 25.5 Å². The van der Waals surface area contributed by atoms with Gasteiger partial charge >= 0.3 is 0 Å². The van der Waals surface area contributed by atoms with E-state index in [4.69, 9.17) is 0 Å². The highest BCUT2D eigenvalue weighted by Gasteiger charge is 2.15. The first-order chi connectivity index (χ1) is 12.2. The Labute approximate surface area is 144 Å². The highest BCUT2D eigenvalue weighted by molar-refractivity contribution is 5.55. The first-order valence-electron chi connectivity index (χ1n) is 8.13. The standard InChI is InChI=1S/C18H17FN6/c1-3-25-12(2)21-17(23-25)16-11-24-9-8-20-18(24)15(22-16)10-13-6-4-5-7-14(13)19/h4-9,11H,3,10H2,1-2H3. The molecule has 4 rings (SSSR count). The van der Waals surface area contributed by atoms with Crippen LogP contribution >= 0.6 is 0 Å². The van der Waals surface area contributed by atoms with Crippen LogP contribution in [0.1, 0.15) is 24.0 Å². The molecule has 0 aliphatic heterocycles. The van der Waals surface area contributed by atoms with Gasteiger partial charge in [0.05, 0.1) is 5.69 Å². The number of fused-ring (bicyclic) bond motifs is 1. The van der Waals surface area contributed by atoms with Gasteiger partial charge in [0.15, 0.2) is 5.65 Å². The van der Waals surface area contributed by atoms with Crippen molar-refractivity contribution in [1.29, 1.82) is 0 Å². The zero-order valence-electron chi connectivity index (χ0n) is 14.0. The number of halogens is 1.